The van der Waals surface area contributed by atoms with Crippen LogP contribution in [0.2, 0.25) is 5.15 Å². The second kappa shape index (κ2) is 3.56. The maximum absolute atomic E-state index is 9.39. The van der Waals surface area contributed by atoms with E-state index in [-0.39, 0.29) is 0 Å². The van der Waals surface area contributed by atoms with E-state index in [9.17, 15) is 5.11 Å². The molecule has 1 aromatic heterocycles. The van der Waals surface area contributed by atoms with Crippen molar-refractivity contribution in [3.63, 3.8) is 0 Å². The first-order valence-corrected chi connectivity index (χ1v) is 4.79. The molecule has 0 saturated heterocycles. The van der Waals surface area contributed by atoms with Gasteiger partial charge in [0.25, 0.3) is 0 Å². The Kier molecular flexibility index (Phi) is 2.40. The van der Waals surface area contributed by atoms with E-state index in [2.05, 4.69) is 4.98 Å². The molecule has 1 aromatic carbocycles. The minimum Gasteiger partial charge on any atom is -0.389 e. The van der Waals surface area contributed by atoms with E-state index in [1.54, 1.807) is 13.0 Å². The third-order valence-electron chi connectivity index (χ3n) is 2.16. The highest BCUT2D eigenvalue weighted by Gasteiger charge is 2.02. The number of rotatable bonds is 1. The third-order valence-corrected chi connectivity index (χ3v) is 2.37. The molecule has 1 heterocycles. The highest BCUT2D eigenvalue weighted by Crippen LogP contribution is 2.20. The summed E-state index contributed by atoms with van der Waals surface area (Å²) in [4.78, 5) is 4.16. The summed E-state index contributed by atoms with van der Waals surface area (Å²) in [6.07, 6.45) is -0.449. The van der Waals surface area contributed by atoms with Crippen LogP contribution in [0, 0.1) is 0 Å². The van der Waals surface area contributed by atoms with Crippen LogP contribution < -0.4 is 0 Å². The summed E-state index contributed by atoms with van der Waals surface area (Å²) in [5, 5.41) is 10.9. The van der Waals surface area contributed by atoms with Crippen LogP contribution in [0.25, 0.3) is 10.9 Å². The maximum atomic E-state index is 9.39. The van der Waals surface area contributed by atoms with E-state index < -0.39 is 6.10 Å². The molecule has 14 heavy (non-hydrogen) atoms. The monoisotopic (exact) mass is 207 g/mol. The summed E-state index contributed by atoms with van der Waals surface area (Å²) in [7, 11) is 0. The van der Waals surface area contributed by atoms with E-state index in [4.69, 9.17) is 11.6 Å². The average Bonchev–Trinajstić information content (AvgIpc) is 2.16. The Bertz CT molecular complexity index is 468. The largest absolute Gasteiger partial charge is 0.389 e. The molecule has 2 nitrogen and oxygen atoms in total. The van der Waals surface area contributed by atoms with E-state index in [0.717, 1.165) is 16.5 Å². The van der Waals surface area contributed by atoms with Crippen LogP contribution in [0.5, 0.6) is 0 Å². The normalized spacial score (nSPS) is 13.1. The molecule has 0 spiro atoms. The number of aliphatic hydroxyl groups is 1. The van der Waals surface area contributed by atoms with Crippen LogP contribution in [0.4, 0.5) is 0 Å². The molecule has 2 aromatic rings. The van der Waals surface area contributed by atoms with Crippen LogP contribution in [0.1, 0.15) is 18.6 Å². The highest BCUT2D eigenvalue weighted by atomic mass is 35.5. The lowest BCUT2D eigenvalue weighted by Gasteiger charge is -2.05. The molecule has 3 heteroatoms. The Morgan fingerprint density at radius 1 is 1.29 bits per heavy atom. The Hall–Kier alpha value is -1.12. The van der Waals surface area contributed by atoms with E-state index >= 15 is 0 Å². The molecule has 0 bridgehead atoms. The van der Waals surface area contributed by atoms with Crippen LogP contribution in [0.3, 0.4) is 0 Å². The third kappa shape index (κ3) is 1.72. The predicted molar refractivity (Wildman–Crippen MR) is 57.4 cm³/mol. The molecular weight excluding hydrogens is 198 g/mol. The minimum absolute atomic E-state index is 0.449. The first-order valence-electron chi connectivity index (χ1n) is 4.41. The standard InChI is InChI=1S/C11H10ClNO/c1-7(14)8-2-4-10-9(6-8)3-5-11(12)13-10/h2-7,14H,1H3. The van der Waals surface area contributed by atoms with Crippen molar-refractivity contribution < 1.29 is 5.11 Å². The molecule has 1 unspecified atom stereocenters. The molecule has 0 radical (unpaired) electrons. The van der Waals surface area contributed by atoms with Gasteiger partial charge in [0.15, 0.2) is 0 Å². The van der Waals surface area contributed by atoms with E-state index in [1.807, 2.05) is 24.3 Å². The molecule has 1 N–H and O–H groups in total. The van der Waals surface area contributed by atoms with Gasteiger partial charge >= 0.3 is 0 Å². The molecule has 2 rings (SSSR count). The van der Waals surface area contributed by atoms with Crippen molar-refractivity contribution in [3.05, 3.63) is 41.0 Å². The van der Waals surface area contributed by atoms with Crippen LogP contribution in [-0.4, -0.2) is 10.1 Å². The van der Waals surface area contributed by atoms with Crippen molar-refractivity contribution in [3.8, 4) is 0 Å². The van der Waals surface area contributed by atoms with Crippen molar-refractivity contribution in [1.29, 1.82) is 0 Å². The highest BCUT2D eigenvalue weighted by molar-refractivity contribution is 6.29. The molecule has 72 valence electrons. The quantitative estimate of drug-likeness (QED) is 0.730. The van der Waals surface area contributed by atoms with Crippen molar-refractivity contribution in [2.75, 3.05) is 0 Å². The first kappa shape index (κ1) is 9.44. The number of benzene rings is 1. The van der Waals surface area contributed by atoms with Gasteiger partial charge in [-0.1, -0.05) is 17.7 Å². The van der Waals surface area contributed by atoms with Gasteiger partial charge in [-0.15, -0.1) is 0 Å². The van der Waals surface area contributed by atoms with Gasteiger partial charge in [0.1, 0.15) is 5.15 Å². The van der Waals surface area contributed by atoms with Crippen molar-refractivity contribution in [1.82, 2.24) is 4.98 Å². The van der Waals surface area contributed by atoms with Gasteiger partial charge in [0.05, 0.1) is 11.6 Å². The zero-order valence-electron chi connectivity index (χ0n) is 7.74. The van der Waals surface area contributed by atoms with Gasteiger partial charge in [-0.05, 0) is 36.8 Å². The van der Waals surface area contributed by atoms with Crippen molar-refractivity contribution in [2.45, 2.75) is 13.0 Å². The molecule has 0 saturated carbocycles. The summed E-state index contributed by atoms with van der Waals surface area (Å²) in [5.41, 5.74) is 1.74. The number of pyridine rings is 1. The minimum atomic E-state index is -0.449. The Labute approximate surface area is 87.2 Å². The number of aromatic nitrogens is 1. The molecular formula is C11H10ClNO. The van der Waals surface area contributed by atoms with E-state index in [1.165, 1.54) is 0 Å². The predicted octanol–water partition coefficient (Wildman–Crippen LogP) is 2.94. The van der Waals surface area contributed by atoms with Crippen molar-refractivity contribution in [2.24, 2.45) is 0 Å². The molecule has 0 aliphatic heterocycles. The van der Waals surface area contributed by atoms with E-state index in [0.29, 0.717) is 5.15 Å². The molecule has 0 aliphatic carbocycles. The summed E-state index contributed by atoms with van der Waals surface area (Å²) in [6.45, 7) is 1.74. The molecule has 0 fully saturated rings. The SMILES string of the molecule is CC(O)c1ccc2nc(Cl)ccc2c1. The van der Waals surface area contributed by atoms with Gasteiger partial charge in [-0.2, -0.15) is 0 Å². The summed E-state index contributed by atoms with van der Waals surface area (Å²) in [6, 6.07) is 9.29. The lowest BCUT2D eigenvalue weighted by atomic mass is 10.1. The first-order chi connectivity index (χ1) is 6.66. The van der Waals surface area contributed by atoms with Crippen molar-refractivity contribution >= 4 is 22.5 Å². The topological polar surface area (TPSA) is 33.1 Å². The Morgan fingerprint density at radius 3 is 2.79 bits per heavy atom. The number of hydrogen-bond acceptors (Lipinski definition) is 2. The maximum Gasteiger partial charge on any atom is 0.129 e. The average molecular weight is 208 g/mol. The Balaban J connectivity index is 2.62. The fraction of sp³-hybridized carbons (Fsp3) is 0.182. The fourth-order valence-electron chi connectivity index (χ4n) is 1.38. The van der Waals surface area contributed by atoms with Crippen LogP contribution in [-0.2, 0) is 0 Å². The molecule has 1 atom stereocenters. The lowest BCUT2D eigenvalue weighted by molar-refractivity contribution is 0.199. The second-order valence-corrected chi connectivity index (χ2v) is 3.65. The van der Waals surface area contributed by atoms with Gasteiger partial charge in [0, 0.05) is 5.39 Å². The number of nitrogens with zero attached hydrogens (tertiary/aromatic N) is 1. The number of hydrogen-bond donors (Lipinski definition) is 1. The lowest BCUT2D eigenvalue weighted by Crippen LogP contribution is -1.90. The van der Waals surface area contributed by atoms with Gasteiger partial charge < -0.3 is 5.11 Å². The molecule has 0 aliphatic rings. The molecule has 0 amide bonds. The fourth-order valence-corrected chi connectivity index (χ4v) is 1.53. The number of fused-ring (bicyclic) bond motifs is 1. The zero-order chi connectivity index (χ0) is 10.1. The van der Waals surface area contributed by atoms with Gasteiger partial charge in [-0.3, -0.25) is 0 Å². The second-order valence-electron chi connectivity index (χ2n) is 3.26. The van der Waals surface area contributed by atoms with Gasteiger partial charge in [0.2, 0.25) is 0 Å². The zero-order valence-corrected chi connectivity index (χ0v) is 8.49. The summed E-state index contributed by atoms with van der Waals surface area (Å²) < 4.78 is 0. The van der Waals surface area contributed by atoms with Gasteiger partial charge in [-0.25, -0.2) is 4.98 Å². The van der Waals surface area contributed by atoms with Crippen LogP contribution in [0.15, 0.2) is 30.3 Å². The number of aliphatic hydroxyl groups excluding tert-OH is 1. The summed E-state index contributed by atoms with van der Waals surface area (Å²) in [5.74, 6) is 0. The number of halogens is 1. The smallest absolute Gasteiger partial charge is 0.129 e. The summed E-state index contributed by atoms with van der Waals surface area (Å²) >= 11 is 5.76. The van der Waals surface area contributed by atoms with Crippen LogP contribution >= 0.6 is 11.6 Å². The Morgan fingerprint density at radius 2 is 2.07 bits per heavy atom.